The third-order valence-corrected chi connectivity index (χ3v) is 5.68. The van der Waals surface area contributed by atoms with Crippen LogP contribution in [0.3, 0.4) is 0 Å². The number of anilines is 1. The molecule has 0 aliphatic carbocycles. The van der Waals surface area contributed by atoms with Gasteiger partial charge in [0, 0.05) is 0 Å². The summed E-state index contributed by atoms with van der Waals surface area (Å²) in [5, 5.41) is 11.3. The molecule has 1 aromatic carbocycles. The van der Waals surface area contributed by atoms with Crippen LogP contribution in [0.5, 0.6) is 0 Å². The van der Waals surface area contributed by atoms with E-state index in [0.29, 0.717) is 5.69 Å². The predicted octanol–water partition coefficient (Wildman–Crippen LogP) is 0.747. The number of rotatable bonds is 5. The predicted molar refractivity (Wildman–Crippen MR) is 62.2 cm³/mol. The molecule has 0 aliphatic rings. The molecule has 0 saturated heterocycles. The number of carbonyl (C=O) groups is 1. The summed E-state index contributed by atoms with van der Waals surface area (Å²) < 4.78 is 21.4. The Bertz CT molecular complexity index is 448. The van der Waals surface area contributed by atoms with E-state index in [-0.39, 0.29) is 16.9 Å². The number of nitrogens with one attached hydrogen (secondary N) is 1. The standard InChI is InChI=1S/C10H14AsNO5/c1-3-16-11(14,17-15)9-6-4-5-7-10(9)12-8(2)13/h4-7,15H,3H2,1-2H3,(H,12,13). The number of hydrogen-bond donors (Lipinski definition) is 2. The van der Waals surface area contributed by atoms with Gasteiger partial charge in [-0.3, -0.25) is 0 Å². The van der Waals surface area contributed by atoms with Crippen molar-refractivity contribution in [1.29, 1.82) is 0 Å². The Morgan fingerprint density at radius 3 is 2.65 bits per heavy atom. The summed E-state index contributed by atoms with van der Waals surface area (Å²) in [4.78, 5) is 11.0. The second-order valence-corrected chi connectivity index (χ2v) is 7.18. The second kappa shape index (κ2) is 6.02. The van der Waals surface area contributed by atoms with Gasteiger partial charge < -0.3 is 0 Å². The quantitative estimate of drug-likeness (QED) is 0.476. The molecule has 0 radical (unpaired) electrons. The molecule has 0 aliphatic heterocycles. The topological polar surface area (TPSA) is 84.9 Å². The SMILES string of the molecule is CCO[As](=O)(OO)c1ccccc1NC(C)=O. The van der Waals surface area contributed by atoms with Gasteiger partial charge in [0.15, 0.2) is 0 Å². The van der Waals surface area contributed by atoms with Crippen LogP contribution in [0.1, 0.15) is 13.8 Å². The van der Waals surface area contributed by atoms with Crippen molar-refractivity contribution >= 4 is 30.1 Å². The first kappa shape index (κ1) is 14.0. The molecule has 1 amide bonds. The number of amides is 1. The molecular formula is C10H14AsNO5. The third kappa shape index (κ3) is 3.44. The van der Waals surface area contributed by atoms with Crippen molar-refractivity contribution in [2.24, 2.45) is 0 Å². The zero-order valence-electron chi connectivity index (χ0n) is 9.54. The normalized spacial score (nSPS) is 14.1. The number of benzene rings is 1. The summed E-state index contributed by atoms with van der Waals surface area (Å²) >= 11 is -4.49. The first-order chi connectivity index (χ1) is 8.03. The molecule has 0 fully saturated rings. The van der Waals surface area contributed by atoms with Crippen LogP contribution in [0.25, 0.3) is 0 Å². The average molecular weight is 303 g/mol. The van der Waals surface area contributed by atoms with Crippen molar-refractivity contribution in [1.82, 2.24) is 0 Å². The minimum absolute atomic E-state index is 0.130. The Labute approximate surface area is 102 Å². The molecule has 1 atom stereocenters. The van der Waals surface area contributed by atoms with E-state index in [2.05, 4.69) is 9.19 Å². The molecule has 7 heteroatoms. The molecule has 1 rings (SSSR count). The maximum atomic E-state index is 12.2. The van der Waals surface area contributed by atoms with E-state index in [4.69, 9.17) is 8.98 Å². The van der Waals surface area contributed by atoms with Gasteiger partial charge in [0.05, 0.1) is 0 Å². The van der Waals surface area contributed by atoms with Gasteiger partial charge in [0.1, 0.15) is 0 Å². The first-order valence-corrected chi connectivity index (χ1v) is 8.22. The molecule has 0 aromatic heterocycles. The Kier molecular flexibility index (Phi) is 4.96. The summed E-state index contributed by atoms with van der Waals surface area (Å²) in [6.45, 7) is 3.09. The van der Waals surface area contributed by atoms with E-state index in [1.54, 1.807) is 25.1 Å². The van der Waals surface area contributed by atoms with E-state index in [1.165, 1.54) is 13.0 Å². The molecule has 17 heavy (non-hydrogen) atoms. The zero-order chi connectivity index (χ0) is 12.9. The van der Waals surface area contributed by atoms with E-state index >= 15 is 0 Å². The van der Waals surface area contributed by atoms with Crippen LogP contribution >= 0.6 is 0 Å². The monoisotopic (exact) mass is 303 g/mol. The van der Waals surface area contributed by atoms with Crippen LogP contribution in [0, 0.1) is 0 Å². The van der Waals surface area contributed by atoms with Gasteiger partial charge in [0.25, 0.3) is 0 Å². The molecule has 0 bridgehead atoms. The zero-order valence-corrected chi connectivity index (χ0v) is 11.4. The Morgan fingerprint density at radius 1 is 1.47 bits per heavy atom. The van der Waals surface area contributed by atoms with Gasteiger partial charge in [-0.05, 0) is 0 Å². The van der Waals surface area contributed by atoms with Gasteiger partial charge in [-0.2, -0.15) is 0 Å². The van der Waals surface area contributed by atoms with Crippen LogP contribution in [0.2, 0.25) is 0 Å². The fourth-order valence-corrected chi connectivity index (χ4v) is 4.06. The Hall–Kier alpha value is -1.07. The second-order valence-electron chi connectivity index (χ2n) is 3.20. The number of para-hydroxylation sites is 1. The van der Waals surface area contributed by atoms with Crippen molar-refractivity contribution in [3.63, 3.8) is 0 Å². The molecular weight excluding hydrogens is 289 g/mol. The van der Waals surface area contributed by atoms with Gasteiger partial charge >= 0.3 is 102 Å². The van der Waals surface area contributed by atoms with E-state index < -0.39 is 14.2 Å². The van der Waals surface area contributed by atoms with Crippen molar-refractivity contribution in [3.8, 4) is 0 Å². The summed E-state index contributed by atoms with van der Waals surface area (Å²) in [5.41, 5.74) is 0.310. The van der Waals surface area contributed by atoms with Crippen molar-refractivity contribution < 1.29 is 21.4 Å². The molecule has 0 heterocycles. The van der Waals surface area contributed by atoms with Gasteiger partial charge in [-0.1, -0.05) is 0 Å². The molecule has 1 aromatic rings. The average Bonchev–Trinajstić information content (AvgIpc) is 2.29. The van der Waals surface area contributed by atoms with Crippen molar-refractivity contribution in [2.75, 3.05) is 11.9 Å². The van der Waals surface area contributed by atoms with E-state index in [1.807, 2.05) is 0 Å². The van der Waals surface area contributed by atoms with E-state index in [9.17, 15) is 8.53 Å². The van der Waals surface area contributed by atoms with Crippen LogP contribution < -0.4 is 9.67 Å². The fraction of sp³-hybridized carbons (Fsp3) is 0.300. The van der Waals surface area contributed by atoms with Crippen LogP contribution in [0.15, 0.2) is 24.3 Å². The number of hydrogen-bond acceptors (Lipinski definition) is 5. The van der Waals surface area contributed by atoms with Crippen molar-refractivity contribution in [2.45, 2.75) is 13.8 Å². The summed E-state index contributed by atoms with van der Waals surface area (Å²) in [7, 11) is 0. The van der Waals surface area contributed by atoms with Crippen LogP contribution in [-0.4, -0.2) is 31.9 Å². The van der Waals surface area contributed by atoms with Gasteiger partial charge in [0.2, 0.25) is 0 Å². The van der Waals surface area contributed by atoms with Crippen LogP contribution in [-0.2, 0) is 16.1 Å². The van der Waals surface area contributed by atoms with Crippen molar-refractivity contribution in [3.05, 3.63) is 24.3 Å². The summed E-state index contributed by atoms with van der Waals surface area (Å²) in [6.07, 6.45) is 0. The first-order valence-electron chi connectivity index (χ1n) is 4.98. The maximum absolute atomic E-state index is 12.2. The summed E-state index contributed by atoms with van der Waals surface area (Å²) in [5.74, 6) is -0.311. The molecule has 6 nitrogen and oxygen atoms in total. The molecule has 0 saturated carbocycles. The fourth-order valence-electron chi connectivity index (χ4n) is 1.31. The van der Waals surface area contributed by atoms with E-state index in [0.717, 1.165) is 0 Å². The molecule has 0 spiro atoms. The summed E-state index contributed by atoms with van der Waals surface area (Å²) in [6, 6.07) is 6.32. The van der Waals surface area contributed by atoms with Crippen LogP contribution in [0.4, 0.5) is 5.69 Å². The molecule has 94 valence electrons. The Morgan fingerprint density at radius 2 is 2.12 bits per heavy atom. The molecule has 2 N–H and O–H groups in total. The third-order valence-electron chi connectivity index (χ3n) is 1.92. The minimum atomic E-state index is -4.49. The Balaban J connectivity index is 3.19. The van der Waals surface area contributed by atoms with Gasteiger partial charge in [-0.25, -0.2) is 0 Å². The molecule has 1 unspecified atom stereocenters. The van der Waals surface area contributed by atoms with Gasteiger partial charge in [-0.15, -0.1) is 0 Å². The number of carbonyl (C=O) groups excluding carboxylic acids is 1.